The van der Waals surface area contributed by atoms with E-state index in [0.29, 0.717) is 6.61 Å². The summed E-state index contributed by atoms with van der Waals surface area (Å²) < 4.78 is 5.10. The van der Waals surface area contributed by atoms with Crippen molar-refractivity contribution in [1.82, 2.24) is 10.4 Å². The van der Waals surface area contributed by atoms with Crippen LogP contribution in [0.1, 0.15) is 78.9 Å². The molecule has 1 heterocycles. The van der Waals surface area contributed by atoms with Crippen LogP contribution in [0.2, 0.25) is 0 Å². The number of amides is 1. The molecule has 152 valence electrons. The molecule has 27 heavy (non-hydrogen) atoms. The fourth-order valence-electron chi connectivity index (χ4n) is 4.41. The summed E-state index contributed by atoms with van der Waals surface area (Å²) in [4.78, 5) is 18.6. The molecule has 1 fully saturated rings. The van der Waals surface area contributed by atoms with E-state index in [1.54, 1.807) is 0 Å². The number of hydrogen-bond donors (Lipinski definition) is 1. The zero-order valence-corrected chi connectivity index (χ0v) is 17.7. The van der Waals surface area contributed by atoms with E-state index in [0.717, 1.165) is 25.7 Å². The molecule has 1 aliphatic rings. The fourth-order valence-corrected chi connectivity index (χ4v) is 4.41. The zero-order chi connectivity index (χ0) is 20.1. The summed E-state index contributed by atoms with van der Waals surface area (Å²) in [6.07, 6.45) is 3.22. The monoisotopic (exact) mass is 376 g/mol. The molecule has 0 radical (unpaired) electrons. The first-order chi connectivity index (χ1) is 12.8. The van der Waals surface area contributed by atoms with Gasteiger partial charge in [0.25, 0.3) is 0 Å². The van der Waals surface area contributed by atoms with Crippen molar-refractivity contribution in [2.45, 2.75) is 90.4 Å². The molecule has 1 aromatic rings. The molecule has 0 saturated carbocycles. The minimum Gasteiger partial charge on any atom is -0.450 e. The maximum atomic E-state index is 12.0. The number of hydroxylamine groups is 2. The van der Waals surface area contributed by atoms with E-state index in [2.05, 4.69) is 57.1 Å². The van der Waals surface area contributed by atoms with E-state index in [4.69, 9.17) is 9.57 Å². The first-order valence-electron chi connectivity index (χ1n) is 10.2. The second-order valence-corrected chi connectivity index (χ2v) is 8.17. The summed E-state index contributed by atoms with van der Waals surface area (Å²) >= 11 is 0. The summed E-state index contributed by atoms with van der Waals surface area (Å²) in [5, 5.41) is 5.28. The molecule has 2 rings (SSSR count). The number of ether oxygens (including phenoxy) is 1. The van der Waals surface area contributed by atoms with Crippen molar-refractivity contribution >= 4 is 6.09 Å². The second-order valence-electron chi connectivity index (χ2n) is 8.17. The lowest BCUT2D eigenvalue weighted by molar-refractivity contribution is -0.316. The number of piperidine rings is 1. The molecule has 0 bridgehead atoms. The van der Waals surface area contributed by atoms with Gasteiger partial charge in [-0.3, -0.25) is 4.84 Å². The standard InChI is InChI=1S/C22H36N2O3/c1-7-22(8-2)16-19(23-20(25)26-9-3)15-21(5,6)24(22)27-17(4)18-13-11-10-12-14-18/h10-14,17,19H,7-9,15-16H2,1-6H3,(H,23,25). The molecule has 0 aromatic heterocycles. The van der Waals surface area contributed by atoms with Crippen LogP contribution in [0.4, 0.5) is 4.79 Å². The van der Waals surface area contributed by atoms with Gasteiger partial charge >= 0.3 is 6.09 Å². The van der Waals surface area contributed by atoms with Gasteiger partial charge in [0.15, 0.2) is 0 Å². The van der Waals surface area contributed by atoms with E-state index < -0.39 is 0 Å². The lowest BCUT2D eigenvalue weighted by atomic mass is 9.74. The highest BCUT2D eigenvalue weighted by Crippen LogP contribution is 2.44. The zero-order valence-electron chi connectivity index (χ0n) is 17.7. The summed E-state index contributed by atoms with van der Waals surface area (Å²) in [5.41, 5.74) is 0.827. The summed E-state index contributed by atoms with van der Waals surface area (Å²) in [5.74, 6) is 0. The predicted molar refractivity (Wildman–Crippen MR) is 108 cm³/mol. The van der Waals surface area contributed by atoms with Gasteiger partial charge < -0.3 is 10.1 Å². The van der Waals surface area contributed by atoms with Crippen molar-refractivity contribution < 1.29 is 14.4 Å². The molecular formula is C22H36N2O3. The van der Waals surface area contributed by atoms with Gasteiger partial charge in [-0.1, -0.05) is 44.2 Å². The fraction of sp³-hybridized carbons (Fsp3) is 0.682. The Morgan fingerprint density at radius 3 is 2.37 bits per heavy atom. The first kappa shape index (κ1) is 21.7. The number of rotatable bonds is 7. The number of carbonyl (C=O) groups excluding carboxylic acids is 1. The summed E-state index contributed by atoms with van der Waals surface area (Å²) in [7, 11) is 0. The SMILES string of the molecule is CCOC(=O)NC1CC(C)(C)N(OC(C)c2ccccc2)C(CC)(CC)C1. The van der Waals surface area contributed by atoms with Gasteiger partial charge in [-0.25, -0.2) is 4.79 Å². The minimum absolute atomic E-state index is 0.0301. The van der Waals surface area contributed by atoms with Crippen LogP contribution in [-0.4, -0.2) is 34.9 Å². The first-order valence-corrected chi connectivity index (χ1v) is 10.2. The van der Waals surface area contributed by atoms with Crippen LogP contribution in [-0.2, 0) is 9.57 Å². The number of nitrogens with one attached hydrogen (secondary N) is 1. The van der Waals surface area contributed by atoms with Crippen molar-refractivity contribution in [3.63, 3.8) is 0 Å². The van der Waals surface area contributed by atoms with Crippen molar-refractivity contribution in [1.29, 1.82) is 0 Å². The Morgan fingerprint density at radius 2 is 1.81 bits per heavy atom. The highest BCUT2D eigenvalue weighted by molar-refractivity contribution is 5.67. The Balaban J connectivity index is 2.23. The normalized spacial score (nSPS) is 22.8. The van der Waals surface area contributed by atoms with Crippen molar-refractivity contribution in [2.75, 3.05) is 6.61 Å². The summed E-state index contributed by atoms with van der Waals surface area (Å²) in [6, 6.07) is 10.4. The molecule has 0 spiro atoms. The average Bonchev–Trinajstić information content (AvgIpc) is 2.64. The van der Waals surface area contributed by atoms with Gasteiger partial charge in [0.2, 0.25) is 0 Å². The number of alkyl carbamates (subject to hydrolysis) is 1. The van der Waals surface area contributed by atoms with E-state index >= 15 is 0 Å². The van der Waals surface area contributed by atoms with Crippen LogP contribution < -0.4 is 5.32 Å². The maximum Gasteiger partial charge on any atom is 0.407 e. The number of benzene rings is 1. The molecule has 2 atom stereocenters. The number of nitrogens with zero attached hydrogens (tertiary/aromatic N) is 1. The maximum absolute atomic E-state index is 12.0. The quantitative estimate of drug-likeness (QED) is 0.708. The molecule has 1 saturated heterocycles. The minimum atomic E-state index is -0.327. The molecule has 5 heteroatoms. The average molecular weight is 377 g/mol. The third-order valence-corrected chi connectivity index (χ3v) is 5.80. The van der Waals surface area contributed by atoms with Crippen LogP contribution in [0.3, 0.4) is 0 Å². The third-order valence-electron chi connectivity index (χ3n) is 5.80. The molecule has 1 aromatic carbocycles. The van der Waals surface area contributed by atoms with Crippen molar-refractivity contribution in [3.05, 3.63) is 35.9 Å². The highest BCUT2D eigenvalue weighted by Gasteiger charge is 2.50. The molecule has 2 unspecified atom stereocenters. The Kier molecular flexibility index (Phi) is 7.29. The Labute approximate surface area is 164 Å². The van der Waals surface area contributed by atoms with Crippen molar-refractivity contribution in [3.8, 4) is 0 Å². The number of hydrogen-bond acceptors (Lipinski definition) is 4. The Hall–Kier alpha value is -1.59. The molecular weight excluding hydrogens is 340 g/mol. The van der Waals surface area contributed by atoms with Gasteiger partial charge in [0, 0.05) is 17.1 Å². The van der Waals surface area contributed by atoms with Gasteiger partial charge in [0.1, 0.15) is 6.10 Å². The molecule has 1 amide bonds. The molecule has 1 aliphatic heterocycles. The lowest BCUT2D eigenvalue weighted by Gasteiger charge is -2.57. The van der Waals surface area contributed by atoms with E-state index in [-0.39, 0.29) is 29.3 Å². The van der Waals surface area contributed by atoms with Crippen LogP contribution >= 0.6 is 0 Å². The van der Waals surface area contributed by atoms with E-state index in [1.165, 1.54) is 5.56 Å². The van der Waals surface area contributed by atoms with Crippen LogP contribution in [0.15, 0.2) is 30.3 Å². The van der Waals surface area contributed by atoms with Crippen LogP contribution in [0, 0.1) is 0 Å². The Bertz CT molecular complexity index is 599. The van der Waals surface area contributed by atoms with Crippen LogP contribution in [0.5, 0.6) is 0 Å². The highest BCUT2D eigenvalue weighted by atomic mass is 16.7. The van der Waals surface area contributed by atoms with Gasteiger partial charge in [-0.05, 0) is 58.9 Å². The summed E-state index contributed by atoms with van der Waals surface area (Å²) in [6.45, 7) is 13.1. The van der Waals surface area contributed by atoms with E-state index in [9.17, 15) is 4.79 Å². The molecule has 5 nitrogen and oxygen atoms in total. The van der Waals surface area contributed by atoms with Gasteiger partial charge in [-0.15, -0.1) is 0 Å². The lowest BCUT2D eigenvalue weighted by Crippen LogP contribution is -2.66. The predicted octanol–water partition coefficient (Wildman–Crippen LogP) is 5.23. The third kappa shape index (κ3) is 5.02. The van der Waals surface area contributed by atoms with E-state index in [1.807, 2.05) is 25.1 Å². The van der Waals surface area contributed by atoms with Crippen molar-refractivity contribution in [2.24, 2.45) is 0 Å². The molecule has 1 N–H and O–H groups in total. The number of carbonyl (C=O) groups is 1. The van der Waals surface area contributed by atoms with Gasteiger partial charge in [0.05, 0.1) is 6.61 Å². The Morgan fingerprint density at radius 1 is 1.19 bits per heavy atom. The largest absolute Gasteiger partial charge is 0.450 e. The topological polar surface area (TPSA) is 50.8 Å². The van der Waals surface area contributed by atoms with Gasteiger partial charge in [-0.2, -0.15) is 5.06 Å². The molecule has 0 aliphatic carbocycles. The second kappa shape index (κ2) is 9.07. The smallest absolute Gasteiger partial charge is 0.407 e. The van der Waals surface area contributed by atoms with Crippen LogP contribution in [0.25, 0.3) is 0 Å².